The number of nitrogens with zero attached hydrogens (tertiary/aromatic N) is 2. The lowest BCUT2D eigenvalue weighted by Gasteiger charge is -2.36. The molecule has 0 aliphatic carbocycles. The molecule has 0 aromatic rings. The first-order valence-electron chi connectivity index (χ1n) is 8.16. The molecule has 0 bridgehead atoms. The van der Waals surface area contributed by atoms with Crippen molar-refractivity contribution in [2.45, 2.75) is 52.5 Å². The van der Waals surface area contributed by atoms with Crippen LogP contribution in [0.1, 0.15) is 46.5 Å². The van der Waals surface area contributed by atoms with Gasteiger partial charge in [-0.15, -0.1) is 0 Å². The fraction of sp³-hybridized carbons (Fsp3) is 1.00. The van der Waals surface area contributed by atoms with Gasteiger partial charge in [-0.25, -0.2) is 0 Å². The summed E-state index contributed by atoms with van der Waals surface area (Å²) in [5.74, 6) is 0. The molecule has 1 aliphatic heterocycles. The molecule has 3 nitrogen and oxygen atoms in total. The van der Waals surface area contributed by atoms with E-state index in [-0.39, 0.29) is 0 Å². The summed E-state index contributed by atoms with van der Waals surface area (Å²) in [7, 11) is 4.42. The number of likely N-dealkylation sites (N-methyl/N-ethyl adjacent to an activating group) is 1. The molecule has 0 amide bonds. The van der Waals surface area contributed by atoms with E-state index >= 15 is 0 Å². The summed E-state index contributed by atoms with van der Waals surface area (Å²) in [5, 5.41) is 3.65. The molecule has 1 N–H and O–H groups in total. The Morgan fingerprint density at radius 3 is 2.37 bits per heavy atom. The summed E-state index contributed by atoms with van der Waals surface area (Å²) in [6.45, 7) is 13.1. The highest BCUT2D eigenvalue weighted by Crippen LogP contribution is 2.29. The van der Waals surface area contributed by atoms with Crippen LogP contribution in [-0.2, 0) is 0 Å². The summed E-state index contributed by atoms with van der Waals surface area (Å²) in [6, 6.07) is 0.759. The molecule has 0 aromatic carbocycles. The Hall–Kier alpha value is -0.120. The summed E-state index contributed by atoms with van der Waals surface area (Å²) in [6.07, 6.45) is 5.13. The fourth-order valence-corrected chi connectivity index (χ4v) is 3.16. The van der Waals surface area contributed by atoms with Crippen LogP contribution in [0, 0.1) is 5.41 Å². The summed E-state index contributed by atoms with van der Waals surface area (Å²) < 4.78 is 0. The van der Waals surface area contributed by atoms with E-state index in [9.17, 15) is 0 Å². The molecule has 1 atom stereocenters. The first kappa shape index (κ1) is 16.9. The van der Waals surface area contributed by atoms with E-state index in [1.807, 2.05) is 0 Å². The minimum atomic E-state index is 0.469. The summed E-state index contributed by atoms with van der Waals surface area (Å²) in [5.41, 5.74) is 0.469. The van der Waals surface area contributed by atoms with Gasteiger partial charge in [0.1, 0.15) is 0 Å². The Kier molecular flexibility index (Phi) is 7.33. The van der Waals surface area contributed by atoms with E-state index in [0.29, 0.717) is 5.41 Å². The summed E-state index contributed by atoms with van der Waals surface area (Å²) in [4.78, 5) is 5.07. The third-order valence-electron chi connectivity index (χ3n) is 4.96. The summed E-state index contributed by atoms with van der Waals surface area (Å²) >= 11 is 0. The first-order valence-corrected chi connectivity index (χ1v) is 8.16. The predicted octanol–water partition coefficient (Wildman–Crippen LogP) is 2.43. The maximum absolute atomic E-state index is 3.65. The van der Waals surface area contributed by atoms with Crippen molar-refractivity contribution in [3.8, 4) is 0 Å². The Labute approximate surface area is 120 Å². The van der Waals surface area contributed by atoms with E-state index in [2.05, 4.69) is 50.0 Å². The third kappa shape index (κ3) is 5.05. The van der Waals surface area contributed by atoms with Crippen molar-refractivity contribution in [3.63, 3.8) is 0 Å². The van der Waals surface area contributed by atoms with Crippen LogP contribution in [0.4, 0.5) is 0 Å². The van der Waals surface area contributed by atoms with E-state index in [4.69, 9.17) is 0 Å². The Balaban J connectivity index is 2.49. The van der Waals surface area contributed by atoms with Crippen LogP contribution in [0.25, 0.3) is 0 Å². The fourth-order valence-electron chi connectivity index (χ4n) is 3.16. The topological polar surface area (TPSA) is 18.5 Å². The Bertz CT molecular complexity index is 236. The predicted molar refractivity (Wildman–Crippen MR) is 84.7 cm³/mol. The van der Waals surface area contributed by atoms with Gasteiger partial charge in [0.2, 0.25) is 0 Å². The number of rotatable bonds is 9. The third-order valence-corrected chi connectivity index (χ3v) is 4.96. The largest absolute Gasteiger partial charge is 0.316 e. The van der Waals surface area contributed by atoms with Crippen molar-refractivity contribution < 1.29 is 0 Å². The van der Waals surface area contributed by atoms with Crippen LogP contribution in [-0.4, -0.2) is 62.7 Å². The van der Waals surface area contributed by atoms with Gasteiger partial charge in [-0.3, -0.25) is 0 Å². The van der Waals surface area contributed by atoms with Gasteiger partial charge in [-0.1, -0.05) is 20.8 Å². The second kappa shape index (κ2) is 8.23. The second-order valence-electron chi connectivity index (χ2n) is 6.53. The van der Waals surface area contributed by atoms with E-state index in [1.165, 1.54) is 51.9 Å². The Morgan fingerprint density at radius 2 is 1.89 bits per heavy atom. The molecule has 1 unspecified atom stereocenters. The highest BCUT2D eigenvalue weighted by molar-refractivity contribution is 4.88. The minimum Gasteiger partial charge on any atom is -0.316 e. The highest BCUT2D eigenvalue weighted by Gasteiger charge is 2.32. The lowest BCUT2D eigenvalue weighted by molar-refractivity contribution is 0.147. The van der Waals surface area contributed by atoms with Gasteiger partial charge in [0, 0.05) is 25.7 Å². The molecule has 0 aromatic heterocycles. The lowest BCUT2D eigenvalue weighted by Crippen LogP contribution is -2.44. The highest BCUT2D eigenvalue weighted by atomic mass is 15.2. The van der Waals surface area contributed by atoms with E-state index in [1.54, 1.807) is 0 Å². The molecule has 1 saturated heterocycles. The zero-order valence-corrected chi connectivity index (χ0v) is 13.8. The molecule has 0 radical (unpaired) electrons. The van der Waals surface area contributed by atoms with Crippen molar-refractivity contribution in [2.24, 2.45) is 5.41 Å². The SMILES string of the molecule is CCCNCC(CC)(CC)CN1CCC(N(C)C)C1. The van der Waals surface area contributed by atoms with Gasteiger partial charge >= 0.3 is 0 Å². The van der Waals surface area contributed by atoms with Crippen LogP contribution in [0.5, 0.6) is 0 Å². The number of likely N-dealkylation sites (tertiary alicyclic amines) is 1. The molecule has 3 heteroatoms. The van der Waals surface area contributed by atoms with Crippen LogP contribution >= 0.6 is 0 Å². The van der Waals surface area contributed by atoms with Crippen LogP contribution in [0.15, 0.2) is 0 Å². The maximum atomic E-state index is 3.65. The molecule has 1 heterocycles. The number of hydrogen-bond donors (Lipinski definition) is 1. The minimum absolute atomic E-state index is 0.469. The molecular weight excluding hydrogens is 234 g/mol. The van der Waals surface area contributed by atoms with Gasteiger partial charge in [0.15, 0.2) is 0 Å². The average molecular weight is 269 g/mol. The van der Waals surface area contributed by atoms with Gasteiger partial charge in [0.05, 0.1) is 0 Å². The van der Waals surface area contributed by atoms with E-state index in [0.717, 1.165) is 12.6 Å². The molecule has 0 saturated carbocycles. The molecule has 1 fully saturated rings. The van der Waals surface area contributed by atoms with Crippen molar-refractivity contribution in [2.75, 3.05) is 46.8 Å². The van der Waals surface area contributed by atoms with Crippen LogP contribution in [0.3, 0.4) is 0 Å². The molecule has 114 valence electrons. The average Bonchev–Trinajstić information content (AvgIpc) is 2.86. The lowest BCUT2D eigenvalue weighted by atomic mass is 9.81. The van der Waals surface area contributed by atoms with Crippen molar-refractivity contribution >= 4 is 0 Å². The molecule has 19 heavy (non-hydrogen) atoms. The van der Waals surface area contributed by atoms with E-state index < -0.39 is 0 Å². The standard InChI is InChI=1S/C16H35N3/c1-6-10-17-13-16(7-2,8-3)14-19-11-9-15(12-19)18(4)5/h15,17H,6-14H2,1-5H3. The van der Waals surface area contributed by atoms with Gasteiger partial charge in [-0.05, 0) is 58.3 Å². The molecule has 1 rings (SSSR count). The molecule has 1 aliphatic rings. The van der Waals surface area contributed by atoms with Gasteiger partial charge < -0.3 is 15.1 Å². The normalized spacial score (nSPS) is 21.5. The molecular formula is C16H35N3. The van der Waals surface area contributed by atoms with Gasteiger partial charge in [-0.2, -0.15) is 0 Å². The first-order chi connectivity index (χ1) is 9.06. The quantitative estimate of drug-likeness (QED) is 0.649. The van der Waals surface area contributed by atoms with Gasteiger partial charge in [0.25, 0.3) is 0 Å². The Morgan fingerprint density at radius 1 is 1.21 bits per heavy atom. The number of nitrogens with one attached hydrogen (secondary N) is 1. The van der Waals surface area contributed by atoms with Crippen molar-refractivity contribution in [3.05, 3.63) is 0 Å². The van der Waals surface area contributed by atoms with Crippen molar-refractivity contribution in [1.82, 2.24) is 15.1 Å². The molecule has 0 spiro atoms. The zero-order valence-electron chi connectivity index (χ0n) is 13.8. The van der Waals surface area contributed by atoms with Crippen LogP contribution in [0.2, 0.25) is 0 Å². The monoisotopic (exact) mass is 269 g/mol. The smallest absolute Gasteiger partial charge is 0.0229 e. The van der Waals surface area contributed by atoms with Crippen molar-refractivity contribution in [1.29, 1.82) is 0 Å². The second-order valence-corrected chi connectivity index (χ2v) is 6.53. The zero-order chi connectivity index (χ0) is 14.3. The van der Waals surface area contributed by atoms with Crippen LogP contribution < -0.4 is 5.32 Å². The number of hydrogen-bond acceptors (Lipinski definition) is 3. The maximum Gasteiger partial charge on any atom is 0.0229 e.